The monoisotopic (exact) mass is 482 g/mol. The Morgan fingerprint density at radius 2 is 1.70 bits per heavy atom. The van der Waals surface area contributed by atoms with Gasteiger partial charge in [-0.25, -0.2) is 12.8 Å². The van der Waals surface area contributed by atoms with Crippen molar-refractivity contribution in [2.24, 2.45) is 0 Å². The highest BCUT2D eigenvalue weighted by Gasteiger charge is 2.31. The van der Waals surface area contributed by atoms with Crippen LogP contribution >= 0.6 is 11.6 Å². The summed E-state index contributed by atoms with van der Waals surface area (Å²) in [6.07, 6.45) is 3.64. The molecule has 0 atom stereocenters. The quantitative estimate of drug-likeness (QED) is 0.347. The number of piperidine rings is 1. The van der Waals surface area contributed by atoms with E-state index in [1.165, 1.54) is 23.1 Å². The van der Waals surface area contributed by atoms with E-state index in [4.69, 9.17) is 11.6 Å². The van der Waals surface area contributed by atoms with Gasteiger partial charge in [0.15, 0.2) is 0 Å². The third-order valence-electron chi connectivity index (χ3n) is 6.39. The van der Waals surface area contributed by atoms with Crippen molar-refractivity contribution in [3.63, 3.8) is 0 Å². The molecule has 33 heavy (non-hydrogen) atoms. The van der Waals surface area contributed by atoms with Gasteiger partial charge in [-0.3, -0.25) is 0 Å². The van der Waals surface area contributed by atoms with Gasteiger partial charge in [0.1, 0.15) is 5.82 Å². The van der Waals surface area contributed by atoms with Crippen molar-refractivity contribution < 1.29 is 12.8 Å². The molecule has 0 amide bonds. The fraction of sp³-hybridized carbons (Fsp3) is 0.231. The Kier molecular flexibility index (Phi) is 5.99. The highest BCUT2D eigenvalue weighted by molar-refractivity contribution is 7.89. The van der Waals surface area contributed by atoms with Gasteiger partial charge < -0.3 is 4.57 Å². The molecule has 170 valence electrons. The Morgan fingerprint density at radius 1 is 0.939 bits per heavy atom. The van der Waals surface area contributed by atoms with Crippen molar-refractivity contribution in [3.8, 4) is 0 Å². The number of hydrogen-bond acceptors (Lipinski definition) is 2. The van der Waals surface area contributed by atoms with Gasteiger partial charge in [-0.15, -0.1) is 0 Å². The Hall–Kier alpha value is -2.67. The zero-order valence-corrected chi connectivity index (χ0v) is 19.6. The molecule has 0 aliphatic carbocycles. The van der Waals surface area contributed by atoms with Crippen LogP contribution in [-0.2, 0) is 16.6 Å². The average molecular weight is 483 g/mol. The SMILES string of the molecule is O=S(=O)(c1cccc(Cl)c1)N1CCC(c2cn(Cc3cccc(F)c3)c3ccccc23)CC1. The first kappa shape index (κ1) is 22.1. The molecule has 7 heteroatoms. The molecule has 0 saturated carbocycles. The first-order valence-electron chi connectivity index (χ1n) is 11.0. The second-order valence-corrected chi connectivity index (χ2v) is 10.9. The molecule has 1 fully saturated rings. The summed E-state index contributed by atoms with van der Waals surface area (Å²) in [6, 6.07) is 21.3. The lowest BCUT2D eigenvalue weighted by atomic mass is 9.90. The normalized spacial score (nSPS) is 15.8. The minimum Gasteiger partial charge on any atom is -0.343 e. The zero-order valence-electron chi connectivity index (χ0n) is 18.0. The smallest absolute Gasteiger partial charge is 0.243 e. The number of benzene rings is 3. The minimum atomic E-state index is -3.56. The van der Waals surface area contributed by atoms with E-state index >= 15 is 0 Å². The van der Waals surface area contributed by atoms with E-state index in [2.05, 4.69) is 22.9 Å². The number of hydrogen-bond donors (Lipinski definition) is 0. The lowest BCUT2D eigenvalue weighted by Gasteiger charge is -2.31. The predicted molar refractivity (Wildman–Crippen MR) is 130 cm³/mol. The lowest BCUT2D eigenvalue weighted by Crippen LogP contribution is -2.37. The van der Waals surface area contributed by atoms with Gasteiger partial charge in [-0.2, -0.15) is 4.31 Å². The molecule has 5 rings (SSSR count). The molecule has 2 heterocycles. The van der Waals surface area contributed by atoms with Crippen LogP contribution in [0.2, 0.25) is 5.02 Å². The average Bonchev–Trinajstić information content (AvgIpc) is 3.18. The Morgan fingerprint density at radius 3 is 2.45 bits per heavy atom. The molecule has 0 radical (unpaired) electrons. The molecular formula is C26H24ClFN2O2S. The second-order valence-electron chi connectivity index (χ2n) is 8.50. The molecule has 0 bridgehead atoms. The van der Waals surface area contributed by atoms with Crippen molar-refractivity contribution in [1.82, 2.24) is 8.87 Å². The van der Waals surface area contributed by atoms with Crippen LogP contribution in [0.4, 0.5) is 4.39 Å². The Balaban J connectivity index is 1.39. The van der Waals surface area contributed by atoms with Crippen molar-refractivity contribution in [1.29, 1.82) is 0 Å². The molecule has 0 N–H and O–H groups in total. The fourth-order valence-corrected chi connectivity index (χ4v) is 6.52. The number of para-hydroxylation sites is 1. The number of rotatable bonds is 5. The van der Waals surface area contributed by atoms with Gasteiger partial charge in [0.25, 0.3) is 0 Å². The van der Waals surface area contributed by atoms with Crippen molar-refractivity contribution in [2.75, 3.05) is 13.1 Å². The maximum Gasteiger partial charge on any atom is 0.243 e. The lowest BCUT2D eigenvalue weighted by molar-refractivity contribution is 0.320. The van der Waals surface area contributed by atoms with E-state index < -0.39 is 10.0 Å². The molecule has 0 unspecified atom stereocenters. The Bertz CT molecular complexity index is 1410. The molecule has 1 aromatic heterocycles. The van der Waals surface area contributed by atoms with E-state index in [1.807, 2.05) is 18.2 Å². The minimum absolute atomic E-state index is 0.236. The van der Waals surface area contributed by atoms with Gasteiger partial charge in [-0.1, -0.05) is 48.0 Å². The maximum absolute atomic E-state index is 13.7. The molecule has 0 spiro atoms. The van der Waals surface area contributed by atoms with E-state index in [-0.39, 0.29) is 16.6 Å². The van der Waals surface area contributed by atoms with Crippen molar-refractivity contribution in [2.45, 2.75) is 30.2 Å². The maximum atomic E-state index is 13.7. The third kappa shape index (κ3) is 4.43. The van der Waals surface area contributed by atoms with Crippen molar-refractivity contribution in [3.05, 3.63) is 101 Å². The highest BCUT2D eigenvalue weighted by atomic mass is 35.5. The summed E-state index contributed by atoms with van der Waals surface area (Å²) >= 11 is 6.01. The number of fused-ring (bicyclic) bond motifs is 1. The summed E-state index contributed by atoms with van der Waals surface area (Å²) in [4.78, 5) is 0.236. The summed E-state index contributed by atoms with van der Waals surface area (Å²) in [5.41, 5.74) is 3.23. The third-order valence-corrected chi connectivity index (χ3v) is 8.52. The van der Waals surface area contributed by atoms with Crippen LogP contribution in [0.3, 0.4) is 0 Å². The van der Waals surface area contributed by atoms with Crippen LogP contribution in [0.5, 0.6) is 0 Å². The topological polar surface area (TPSA) is 42.3 Å². The van der Waals surface area contributed by atoms with Gasteiger partial charge in [0.2, 0.25) is 10.0 Å². The Labute approximate surface area is 198 Å². The van der Waals surface area contributed by atoms with Crippen LogP contribution < -0.4 is 0 Å². The van der Waals surface area contributed by atoms with Crippen LogP contribution in [0.25, 0.3) is 10.9 Å². The van der Waals surface area contributed by atoms with Gasteiger partial charge in [0, 0.05) is 41.8 Å². The predicted octanol–water partition coefficient (Wildman–Crippen LogP) is 6.05. The molecule has 3 aromatic carbocycles. The summed E-state index contributed by atoms with van der Waals surface area (Å²) in [5.74, 6) is 0.0203. The van der Waals surface area contributed by atoms with Crippen LogP contribution in [0, 0.1) is 5.82 Å². The molecule has 1 saturated heterocycles. The first-order valence-corrected chi connectivity index (χ1v) is 12.8. The van der Waals surface area contributed by atoms with Gasteiger partial charge in [0.05, 0.1) is 4.90 Å². The van der Waals surface area contributed by atoms with E-state index in [0.29, 0.717) is 24.7 Å². The van der Waals surface area contributed by atoms with E-state index in [0.717, 1.165) is 23.9 Å². The van der Waals surface area contributed by atoms with Crippen molar-refractivity contribution >= 4 is 32.5 Å². The van der Waals surface area contributed by atoms with E-state index in [1.54, 1.807) is 34.6 Å². The number of aromatic nitrogens is 1. The number of sulfonamides is 1. The second kappa shape index (κ2) is 8.93. The number of nitrogens with zero attached hydrogens (tertiary/aromatic N) is 2. The largest absolute Gasteiger partial charge is 0.343 e. The molecule has 1 aliphatic heterocycles. The molecule has 1 aliphatic rings. The summed E-state index contributed by atoms with van der Waals surface area (Å²) in [6.45, 7) is 1.51. The van der Waals surface area contributed by atoms with Crippen LogP contribution in [0.15, 0.2) is 83.9 Å². The fourth-order valence-electron chi connectivity index (χ4n) is 4.75. The summed E-state index contributed by atoms with van der Waals surface area (Å²) < 4.78 is 43.5. The van der Waals surface area contributed by atoms with Crippen LogP contribution in [0.1, 0.15) is 29.9 Å². The van der Waals surface area contributed by atoms with Gasteiger partial charge >= 0.3 is 0 Å². The molecular weight excluding hydrogens is 459 g/mol. The molecule has 4 nitrogen and oxygen atoms in total. The first-order chi connectivity index (χ1) is 15.9. The molecule has 4 aromatic rings. The van der Waals surface area contributed by atoms with E-state index in [9.17, 15) is 12.8 Å². The highest BCUT2D eigenvalue weighted by Crippen LogP contribution is 2.36. The standard InChI is InChI=1S/C26H24ClFN2O2S/c27-21-6-4-8-23(16-21)33(31,32)30-13-11-20(12-14-30)25-18-29(26-10-2-1-9-24(25)26)17-19-5-3-7-22(28)15-19/h1-10,15-16,18,20H,11-14,17H2. The zero-order chi connectivity index (χ0) is 23.0. The van der Waals surface area contributed by atoms with Crippen LogP contribution in [-0.4, -0.2) is 30.4 Å². The summed E-state index contributed by atoms with van der Waals surface area (Å²) in [5, 5.41) is 1.59. The number of halogens is 2. The van der Waals surface area contributed by atoms with Gasteiger partial charge in [-0.05, 0) is 66.3 Å². The summed E-state index contributed by atoms with van der Waals surface area (Å²) in [7, 11) is -3.56.